The molecule has 0 radical (unpaired) electrons. The van der Waals surface area contributed by atoms with E-state index in [0.717, 1.165) is 23.3 Å². The Kier molecular flexibility index (Phi) is 7.49. The van der Waals surface area contributed by atoms with Crippen molar-refractivity contribution in [1.82, 2.24) is 10.2 Å². The van der Waals surface area contributed by atoms with E-state index in [4.69, 9.17) is 4.74 Å². The number of hydrogen-bond acceptors (Lipinski definition) is 3. The molecule has 4 nitrogen and oxygen atoms in total. The predicted molar refractivity (Wildman–Crippen MR) is 90.0 cm³/mol. The van der Waals surface area contributed by atoms with Gasteiger partial charge in [0, 0.05) is 17.4 Å². The molecule has 0 aliphatic carbocycles. The number of carbonyl (C=O) groups excluding carboxylic acids is 1. The van der Waals surface area contributed by atoms with Crippen molar-refractivity contribution in [2.75, 3.05) is 33.3 Å². The number of carbonyl (C=O) groups is 1. The third-order valence-corrected chi connectivity index (χ3v) is 4.32. The van der Waals surface area contributed by atoms with Crippen molar-refractivity contribution in [2.24, 2.45) is 11.8 Å². The second-order valence-corrected chi connectivity index (χ2v) is 6.18. The molecule has 1 aromatic carbocycles. The van der Waals surface area contributed by atoms with Gasteiger partial charge in [0.15, 0.2) is 0 Å². The molecule has 1 saturated heterocycles. The van der Waals surface area contributed by atoms with Crippen LogP contribution in [-0.4, -0.2) is 44.1 Å². The van der Waals surface area contributed by atoms with E-state index in [2.05, 4.69) is 21.2 Å². The van der Waals surface area contributed by atoms with Crippen molar-refractivity contribution in [2.45, 2.75) is 6.92 Å². The second-order valence-electron chi connectivity index (χ2n) is 5.27. The number of nitrogens with zero attached hydrogens (tertiary/aromatic N) is 1. The second kappa shape index (κ2) is 8.61. The fourth-order valence-corrected chi connectivity index (χ4v) is 2.42. The lowest BCUT2D eigenvalue weighted by Gasteiger charge is -2.33. The smallest absolute Gasteiger partial charge is 0.225 e. The van der Waals surface area contributed by atoms with E-state index in [0.29, 0.717) is 19.1 Å². The maximum absolute atomic E-state index is 12.2. The summed E-state index contributed by atoms with van der Waals surface area (Å²) < 4.78 is 6.66. The number of hydrogen-bond donors (Lipinski definition) is 1. The van der Waals surface area contributed by atoms with Gasteiger partial charge in [-0.25, -0.2) is 0 Å². The Bertz CT molecular complexity index is 451. The third kappa shape index (κ3) is 5.16. The number of ether oxygens (including phenoxy) is 1. The van der Waals surface area contributed by atoms with Crippen LogP contribution in [-0.2, 0) is 4.79 Å². The lowest BCUT2D eigenvalue weighted by molar-refractivity contribution is -0.136. The molecule has 1 unspecified atom stereocenters. The Morgan fingerprint density at radius 1 is 1.43 bits per heavy atom. The standard InChI is InChI=1S/C15H21BrN2O2.ClH/c1-11(12-9-17-10-12)15(19)18(2)7-8-20-14-5-3-13(16)4-6-14;/h3-6,11-12,17H,7-10H2,1-2H3;1H. The van der Waals surface area contributed by atoms with Crippen LogP contribution in [0.1, 0.15) is 6.92 Å². The molecule has 0 saturated carbocycles. The third-order valence-electron chi connectivity index (χ3n) is 3.79. The largest absolute Gasteiger partial charge is 0.492 e. The van der Waals surface area contributed by atoms with Gasteiger partial charge in [0.1, 0.15) is 12.4 Å². The molecule has 1 atom stereocenters. The molecule has 0 bridgehead atoms. The van der Waals surface area contributed by atoms with Crippen LogP contribution in [0.3, 0.4) is 0 Å². The van der Waals surface area contributed by atoms with Gasteiger partial charge in [0.05, 0.1) is 6.54 Å². The molecule has 1 amide bonds. The first-order valence-corrected chi connectivity index (χ1v) is 7.71. The molecular formula is C15H22BrClN2O2. The van der Waals surface area contributed by atoms with Crippen molar-refractivity contribution in [3.63, 3.8) is 0 Å². The summed E-state index contributed by atoms with van der Waals surface area (Å²) in [6.45, 7) is 5.05. The van der Waals surface area contributed by atoms with Gasteiger partial charge in [-0.2, -0.15) is 0 Å². The number of nitrogens with one attached hydrogen (secondary N) is 1. The quantitative estimate of drug-likeness (QED) is 0.828. The average molecular weight is 378 g/mol. The summed E-state index contributed by atoms with van der Waals surface area (Å²) in [5.74, 6) is 1.60. The molecule has 1 fully saturated rings. The normalized spacial score (nSPS) is 15.6. The van der Waals surface area contributed by atoms with Crippen LogP contribution >= 0.6 is 28.3 Å². The lowest BCUT2D eigenvalue weighted by atomic mass is 9.88. The van der Waals surface area contributed by atoms with Gasteiger partial charge >= 0.3 is 0 Å². The van der Waals surface area contributed by atoms with Gasteiger partial charge < -0.3 is 15.0 Å². The molecule has 21 heavy (non-hydrogen) atoms. The summed E-state index contributed by atoms with van der Waals surface area (Å²) in [5.41, 5.74) is 0. The molecule has 0 aromatic heterocycles. The summed E-state index contributed by atoms with van der Waals surface area (Å²) >= 11 is 3.38. The Morgan fingerprint density at radius 2 is 2.05 bits per heavy atom. The van der Waals surface area contributed by atoms with Crippen molar-refractivity contribution >= 4 is 34.2 Å². The topological polar surface area (TPSA) is 41.6 Å². The number of rotatable bonds is 6. The first-order valence-electron chi connectivity index (χ1n) is 6.92. The molecule has 0 spiro atoms. The highest BCUT2D eigenvalue weighted by Gasteiger charge is 2.30. The van der Waals surface area contributed by atoms with Gasteiger partial charge in [0.2, 0.25) is 5.91 Å². The van der Waals surface area contributed by atoms with Gasteiger partial charge in [-0.1, -0.05) is 22.9 Å². The Hall–Kier alpha value is -0.780. The van der Waals surface area contributed by atoms with Crippen LogP contribution in [0.4, 0.5) is 0 Å². The highest BCUT2D eigenvalue weighted by atomic mass is 79.9. The first-order chi connectivity index (χ1) is 9.58. The lowest BCUT2D eigenvalue weighted by Crippen LogP contribution is -2.50. The van der Waals surface area contributed by atoms with E-state index in [-0.39, 0.29) is 24.2 Å². The average Bonchev–Trinajstić information content (AvgIpc) is 2.38. The van der Waals surface area contributed by atoms with Crippen LogP contribution in [0, 0.1) is 11.8 Å². The van der Waals surface area contributed by atoms with Gasteiger partial charge in [0.25, 0.3) is 0 Å². The van der Waals surface area contributed by atoms with Crippen molar-refractivity contribution in [1.29, 1.82) is 0 Å². The summed E-state index contributed by atoms with van der Waals surface area (Å²) in [6, 6.07) is 7.70. The van der Waals surface area contributed by atoms with Crippen molar-refractivity contribution in [3.05, 3.63) is 28.7 Å². The fourth-order valence-electron chi connectivity index (χ4n) is 2.16. The molecule has 1 heterocycles. The summed E-state index contributed by atoms with van der Waals surface area (Å²) in [5, 5.41) is 3.21. The first kappa shape index (κ1) is 18.3. The molecule has 1 N–H and O–H groups in total. The predicted octanol–water partition coefficient (Wildman–Crippen LogP) is 2.56. The SMILES string of the molecule is CC(C(=O)N(C)CCOc1ccc(Br)cc1)C1CNC1.Cl. The van der Waals surface area contributed by atoms with Gasteiger partial charge in [-0.15, -0.1) is 12.4 Å². The van der Waals surface area contributed by atoms with Crippen LogP contribution in [0.25, 0.3) is 0 Å². The zero-order chi connectivity index (χ0) is 14.5. The van der Waals surface area contributed by atoms with Gasteiger partial charge in [-0.05, 0) is 43.3 Å². The van der Waals surface area contributed by atoms with E-state index in [9.17, 15) is 4.79 Å². The van der Waals surface area contributed by atoms with E-state index in [1.165, 1.54) is 0 Å². The molecular weight excluding hydrogens is 356 g/mol. The number of likely N-dealkylation sites (N-methyl/N-ethyl adjacent to an activating group) is 1. The molecule has 118 valence electrons. The molecule has 1 aromatic rings. The highest BCUT2D eigenvalue weighted by molar-refractivity contribution is 9.10. The van der Waals surface area contributed by atoms with Crippen LogP contribution < -0.4 is 10.1 Å². The van der Waals surface area contributed by atoms with Crippen LogP contribution in [0.5, 0.6) is 5.75 Å². The maximum atomic E-state index is 12.2. The fraction of sp³-hybridized carbons (Fsp3) is 0.533. The molecule has 1 aliphatic heterocycles. The monoisotopic (exact) mass is 376 g/mol. The zero-order valence-corrected chi connectivity index (χ0v) is 14.7. The summed E-state index contributed by atoms with van der Waals surface area (Å²) in [7, 11) is 1.84. The minimum Gasteiger partial charge on any atom is -0.492 e. The number of amides is 1. The van der Waals surface area contributed by atoms with E-state index in [1.807, 2.05) is 38.2 Å². The van der Waals surface area contributed by atoms with Gasteiger partial charge in [-0.3, -0.25) is 4.79 Å². The molecule has 2 rings (SSSR count). The van der Waals surface area contributed by atoms with E-state index >= 15 is 0 Å². The summed E-state index contributed by atoms with van der Waals surface area (Å²) in [4.78, 5) is 14.0. The van der Waals surface area contributed by atoms with E-state index < -0.39 is 0 Å². The highest BCUT2D eigenvalue weighted by Crippen LogP contribution is 2.18. The molecule has 6 heteroatoms. The Labute approximate surface area is 140 Å². The van der Waals surface area contributed by atoms with Crippen LogP contribution in [0.2, 0.25) is 0 Å². The summed E-state index contributed by atoms with van der Waals surface area (Å²) in [6.07, 6.45) is 0. The van der Waals surface area contributed by atoms with Crippen molar-refractivity contribution in [3.8, 4) is 5.75 Å². The zero-order valence-electron chi connectivity index (χ0n) is 12.3. The van der Waals surface area contributed by atoms with Crippen molar-refractivity contribution < 1.29 is 9.53 Å². The number of benzene rings is 1. The van der Waals surface area contributed by atoms with E-state index in [1.54, 1.807) is 4.90 Å². The minimum absolute atomic E-state index is 0. The Balaban J connectivity index is 0.00000220. The molecule has 1 aliphatic rings. The minimum atomic E-state index is 0. The Morgan fingerprint density at radius 3 is 2.57 bits per heavy atom. The maximum Gasteiger partial charge on any atom is 0.225 e. The van der Waals surface area contributed by atoms with Crippen LogP contribution in [0.15, 0.2) is 28.7 Å². The number of halogens is 2.